The van der Waals surface area contributed by atoms with Crippen molar-refractivity contribution in [3.05, 3.63) is 75.4 Å². The third-order valence-corrected chi connectivity index (χ3v) is 8.22. The Balaban J connectivity index is 1.36. The molecule has 0 atom stereocenters. The van der Waals surface area contributed by atoms with E-state index in [0.717, 1.165) is 44.5 Å². The molecule has 1 aromatic heterocycles. The van der Waals surface area contributed by atoms with Crippen molar-refractivity contribution in [2.45, 2.75) is 37.6 Å². The van der Waals surface area contributed by atoms with Gasteiger partial charge in [0.1, 0.15) is 11.5 Å². The molecule has 0 radical (unpaired) electrons. The average molecular weight is 597 g/mol. The average Bonchev–Trinajstić information content (AvgIpc) is 2.97. The van der Waals surface area contributed by atoms with Crippen molar-refractivity contribution < 1.29 is 9.53 Å². The maximum absolute atomic E-state index is 13.6. The van der Waals surface area contributed by atoms with Crippen LogP contribution in [0.3, 0.4) is 0 Å². The molecule has 2 saturated heterocycles. The number of rotatable bonds is 7. The Kier molecular flexibility index (Phi) is 9.29. The number of aromatic nitrogens is 1. The summed E-state index contributed by atoms with van der Waals surface area (Å²) in [5.74, 6) is 0.243. The van der Waals surface area contributed by atoms with E-state index in [0.29, 0.717) is 46.2 Å². The van der Waals surface area contributed by atoms with E-state index in [1.54, 1.807) is 30.3 Å². The monoisotopic (exact) mass is 595 g/mol. The molecule has 5 rings (SSSR count). The van der Waals surface area contributed by atoms with Gasteiger partial charge in [0.15, 0.2) is 5.84 Å². The molecular weight excluding hydrogens is 561 g/mol. The van der Waals surface area contributed by atoms with Gasteiger partial charge in [0.2, 0.25) is 0 Å². The van der Waals surface area contributed by atoms with Gasteiger partial charge in [0.25, 0.3) is 5.91 Å². The first-order valence-electron chi connectivity index (χ1n) is 13.8. The second-order valence-corrected chi connectivity index (χ2v) is 11.5. The summed E-state index contributed by atoms with van der Waals surface area (Å²) in [4.78, 5) is 20.4. The Labute approximate surface area is 250 Å². The van der Waals surface area contributed by atoms with Crippen LogP contribution in [0.4, 0.5) is 22.9 Å². The summed E-state index contributed by atoms with van der Waals surface area (Å²) in [6.07, 6.45) is 3.90. The summed E-state index contributed by atoms with van der Waals surface area (Å²) >= 11 is 12.4. The van der Waals surface area contributed by atoms with Crippen LogP contribution in [0.2, 0.25) is 10.0 Å². The van der Waals surface area contributed by atoms with Crippen molar-refractivity contribution in [2.24, 2.45) is 0 Å². The van der Waals surface area contributed by atoms with Crippen LogP contribution >= 0.6 is 23.2 Å². The van der Waals surface area contributed by atoms with Crippen molar-refractivity contribution in [2.75, 3.05) is 49.7 Å². The number of halogens is 2. The van der Waals surface area contributed by atoms with E-state index < -0.39 is 5.91 Å². The van der Waals surface area contributed by atoms with Gasteiger partial charge in [0, 0.05) is 30.0 Å². The molecule has 2 fully saturated rings. The lowest BCUT2D eigenvalue weighted by Crippen LogP contribution is -2.34. The van der Waals surface area contributed by atoms with Crippen LogP contribution in [-0.2, 0) is 4.74 Å². The molecule has 41 heavy (non-hydrogen) atoms. The number of amidine groups is 1. The number of ether oxygens (including phenoxy) is 1. The molecule has 0 saturated carbocycles. The van der Waals surface area contributed by atoms with Gasteiger partial charge in [-0.1, -0.05) is 29.3 Å². The van der Waals surface area contributed by atoms with Gasteiger partial charge in [0.05, 0.1) is 22.0 Å². The summed E-state index contributed by atoms with van der Waals surface area (Å²) in [5, 5.41) is 19.0. The van der Waals surface area contributed by atoms with E-state index in [9.17, 15) is 4.79 Å². The van der Waals surface area contributed by atoms with E-state index in [1.165, 1.54) is 5.56 Å². The van der Waals surface area contributed by atoms with Crippen molar-refractivity contribution in [1.82, 2.24) is 15.2 Å². The Hall–Kier alpha value is -3.37. The van der Waals surface area contributed by atoms with E-state index in [1.807, 2.05) is 12.1 Å². The number of nitrogens with one attached hydrogen (secondary N) is 4. The highest BCUT2D eigenvalue weighted by Crippen LogP contribution is 2.32. The molecule has 1 amide bonds. The Morgan fingerprint density at radius 2 is 1.78 bits per heavy atom. The van der Waals surface area contributed by atoms with Crippen molar-refractivity contribution in [1.29, 1.82) is 5.41 Å². The summed E-state index contributed by atoms with van der Waals surface area (Å²) < 4.78 is 5.53. The quantitative estimate of drug-likeness (QED) is 0.171. The SMILES string of the molecule is CN1CCC(c2ccc(C(=O)NC(=N)c3nc(Nc4cc(Cl)ccc4Cl)ccc3N)c(NC3CCOCC3)c2)CC1. The maximum atomic E-state index is 13.6. The summed E-state index contributed by atoms with van der Waals surface area (Å²) in [6, 6.07) is 14.5. The number of nitrogen functional groups attached to an aromatic ring is 1. The van der Waals surface area contributed by atoms with Gasteiger partial charge in [-0.3, -0.25) is 10.2 Å². The Morgan fingerprint density at radius 3 is 2.54 bits per heavy atom. The smallest absolute Gasteiger partial charge is 0.258 e. The summed E-state index contributed by atoms with van der Waals surface area (Å²) in [7, 11) is 2.15. The fourth-order valence-corrected chi connectivity index (χ4v) is 5.58. The maximum Gasteiger partial charge on any atom is 0.258 e. The lowest BCUT2D eigenvalue weighted by Gasteiger charge is -2.30. The largest absolute Gasteiger partial charge is 0.397 e. The number of nitrogens with two attached hydrogens (primary N) is 1. The number of nitrogens with zero attached hydrogens (tertiary/aromatic N) is 2. The normalized spacial score (nSPS) is 16.8. The zero-order chi connectivity index (χ0) is 28.9. The molecule has 0 bridgehead atoms. The van der Waals surface area contributed by atoms with E-state index in [-0.39, 0.29) is 23.3 Å². The summed E-state index contributed by atoms with van der Waals surface area (Å²) in [5.41, 5.74) is 9.59. The van der Waals surface area contributed by atoms with Gasteiger partial charge < -0.3 is 31.3 Å². The number of anilines is 4. The molecule has 216 valence electrons. The third kappa shape index (κ3) is 7.29. The standard InChI is InChI=1S/C30H35Cl2N7O2/c1-39-12-8-18(9-13-39)19-2-4-22(25(16-19)35-21-10-14-41-15-11-21)30(40)38-29(34)28-24(33)6-7-27(37-28)36-26-17-20(31)3-5-23(26)32/h2-7,16-18,21,35H,8-15,33H2,1H3,(H,36,37)(H2,34,38,40). The van der Waals surface area contributed by atoms with Crippen LogP contribution in [0.25, 0.3) is 0 Å². The molecule has 3 aromatic rings. The zero-order valence-corrected chi connectivity index (χ0v) is 24.5. The molecule has 2 aliphatic heterocycles. The Bertz CT molecular complexity index is 1420. The lowest BCUT2D eigenvalue weighted by atomic mass is 9.88. The van der Waals surface area contributed by atoms with E-state index in [2.05, 4.69) is 38.9 Å². The second kappa shape index (κ2) is 13.1. The van der Waals surface area contributed by atoms with Crippen LogP contribution in [0.1, 0.15) is 53.2 Å². The van der Waals surface area contributed by atoms with Gasteiger partial charge >= 0.3 is 0 Å². The molecule has 2 aliphatic rings. The number of carbonyl (C=O) groups is 1. The first-order chi connectivity index (χ1) is 19.8. The highest BCUT2D eigenvalue weighted by molar-refractivity contribution is 6.35. The molecule has 0 aliphatic carbocycles. The topological polar surface area (TPSA) is 128 Å². The highest BCUT2D eigenvalue weighted by Gasteiger charge is 2.23. The van der Waals surface area contributed by atoms with Crippen LogP contribution in [0.5, 0.6) is 0 Å². The van der Waals surface area contributed by atoms with Gasteiger partial charge in [-0.05, 0) is 99.8 Å². The van der Waals surface area contributed by atoms with Crippen LogP contribution in [0.15, 0.2) is 48.5 Å². The molecule has 2 aromatic carbocycles. The third-order valence-electron chi connectivity index (χ3n) is 7.65. The highest BCUT2D eigenvalue weighted by atomic mass is 35.5. The summed E-state index contributed by atoms with van der Waals surface area (Å²) in [6.45, 7) is 3.49. The minimum absolute atomic E-state index is 0.142. The minimum Gasteiger partial charge on any atom is -0.397 e. The number of carbonyl (C=O) groups excluding carboxylic acids is 1. The first kappa shape index (κ1) is 29.1. The number of hydrogen-bond donors (Lipinski definition) is 5. The minimum atomic E-state index is -0.406. The van der Waals surface area contributed by atoms with Gasteiger partial charge in [-0.15, -0.1) is 0 Å². The zero-order valence-electron chi connectivity index (χ0n) is 23.0. The number of amides is 1. The number of piperidine rings is 1. The molecule has 0 unspecified atom stereocenters. The lowest BCUT2D eigenvalue weighted by molar-refractivity contribution is 0.0904. The predicted octanol–water partition coefficient (Wildman–Crippen LogP) is 5.87. The van der Waals surface area contributed by atoms with Gasteiger partial charge in [-0.25, -0.2) is 4.98 Å². The van der Waals surface area contributed by atoms with Crippen molar-refractivity contribution >= 4 is 57.8 Å². The predicted molar refractivity (Wildman–Crippen MR) is 166 cm³/mol. The molecule has 3 heterocycles. The molecular formula is C30H35Cl2N7O2. The Morgan fingerprint density at radius 1 is 1.02 bits per heavy atom. The number of pyridine rings is 1. The number of benzene rings is 2. The van der Waals surface area contributed by atoms with Gasteiger partial charge in [-0.2, -0.15) is 0 Å². The van der Waals surface area contributed by atoms with Crippen LogP contribution in [0, 0.1) is 5.41 Å². The second-order valence-electron chi connectivity index (χ2n) is 10.6. The fourth-order valence-electron chi connectivity index (χ4n) is 5.25. The molecule has 6 N–H and O–H groups in total. The number of likely N-dealkylation sites (tertiary alicyclic amines) is 1. The molecule has 9 nitrogen and oxygen atoms in total. The number of hydrogen-bond acceptors (Lipinski definition) is 8. The first-order valence-corrected chi connectivity index (χ1v) is 14.6. The molecule has 0 spiro atoms. The van der Waals surface area contributed by atoms with Crippen molar-refractivity contribution in [3.63, 3.8) is 0 Å². The van der Waals surface area contributed by atoms with E-state index in [4.69, 9.17) is 39.1 Å². The van der Waals surface area contributed by atoms with Crippen molar-refractivity contribution in [3.8, 4) is 0 Å². The van der Waals surface area contributed by atoms with Crippen LogP contribution < -0.4 is 21.7 Å². The molecule has 11 heteroatoms. The van der Waals surface area contributed by atoms with Crippen LogP contribution in [-0.4, -0.2) is 61.0 Å². The fraction of sp³-hybridized carbons (Fsp3) is 0.367. The van der Waals surface area contributed by atoms with E-state index >= 15 is 0 Å².